The SMILES string of the molecule is CC(C)(C)OC(=O)Nc1ccc(-c2nnc3c(C(=O)O)cc(Cl)nn23)cc1. The highest BCUT2D eigenvalue weighted by atomic mass is 35.5. The lowest BCUT2D eigenvalue weighted by atomic mass is 10.2. The first-order valence-electron chi connectivity index (χ1n) is 7.90. The van der Waals surface area contributed by atoms with Gasteiger partial charge in [-0.25, -0.2) is 9.59 Å². The van der Waals surface area contributed by atoms with Crippen molar-refractivity contribution in [3.05, 3.63) is 41.0 Å². The summed E-state index contributed by atoms with van der Waals surface area (Å²) in [7, 11) is 0. The molecule has 2 aromatic heterocycles. The molecule has 0 aliphatic heterocycles. The molecule has 0 aliphatic carbocycles. The molecule has 3 aromatic rings. The van der Waals surface area contributed by atoms with E-state index in [1.54, 1.807) is 45.0 Å². The standard InChI is InChI=1S/C17H16ClN5O4/c1-17(2,3)27-16(26)19-10-6-4-9(5-7-10)13-20-21-14-11(15(24)25)8-12(18)22-23(13)14/h4-8H,1-3H3,(H,19,26)(H,24,25). The minimum Gasteiger partial charge on any atom is -0.478 e. The van der Waals surface area contributed by atoms with Gasteiger partial charge in [0.15, 0.2) is 16.6 Å². The van der Waals surface area contributed by atoms with Gasteiger partial charge in [0.2, 0.25) is 0 Å². The number of carbonyl (C=O) groups is 2. The van der Waals surface area contributed by atoms with Crippen LogP contribution in [0.1, 0.15) is 31.1 Å². The fraction of sp³-hybridized carbons (Fsp3) is 0.235. The van der Waals surface area contributed by atoms with Crippen molar-refractivity contribution in [1.29, 1.82) is 0 Å². The number of benzene rings is 1. The maximum atomic E-state index is 11.8. The highest BCUT2D eigenvalue weighted by Gasteiger charge is 2.19. The van der Waals surface area contributed by atoms with E-state index in [9.17, 15) is 14.7 Å². The number of aromatic nitrogens is 4. The molecule has 140 valence electrons. The summed E-state index contributed by atoms with van der Waals surface area (Å²) in [6.45, 7) is 5.32. The number of anilines is 1. The van der Waals surface area contributed by atoms with E-state index in [1.165, 1.54) is 10.6 Å². The fourth-order valence-electron chi connectivity index (χ4n) is 2.31. The average Bonchev–Trinajstić information content (AvgIpc) is 2.96. The molecule has 9 nitrogen and oxygen atoms in total. The summed E-state index contributed by atoms with van der Waals surface area (Å²) in [5.74, 6) is -0.862. The molecule has 0 aliphatic rings. The van der Waals surface area contributed by atoms with E-state index in [0.29, 0.717) is 17.1 Å². The van der Waals surface area contributed by atoms with Crippen molar-refractivity contribution in [1.82, 2.24) is 19.8 Å². The highest BCUT2D eigenvalue weighted by molar-refractivity contribution is 6.29. The Hall–Kier alpha value is -3.20. The van der Waals surface area contributed by atoms with Gasteiger partial charge in [0.1, 0.15) is 11.2 Å². The summed E-state index contributed by atoms with van der Waals surface area (Å²) in [6, 6.07) is 7.90. The van der Waals surface area contributed by atoms with E-state index in [1.807, 2.05) is 0 Å². The van der Waals surface area contributed by atoms with Crippen LogP contribution in [0.15, 0.2) is 30.3 Å². The lowest BCUT2D eigenvalue weighted by Crippen LogP contribution is -2.27. The van der Waals surface area contributed by atoms with E-state index >= 15 is 0 Å². The Balaban J connectivity index is 1.90. The quantitative estimate of drug-likeness (QED) is 0.703. The number of carboxylic acid groups (broad SMARTS) is 1. The molecule has 1 aromatic carbocycles. The van der Waals surface area contributed by atoms with Gasteiger partial charge < -0.3 is 9.84 Å². The number of carbonyl (C=O) groups excluding carboxylic acids is 1. The van der Waals surface area contributed by atoms with Crippen LogP contribution in [0.5, 0.6) is 0 Å². The minimum atomic E-state index is -1.18. The Labute approximate surface area is 158 Å². The number of nitrogens with one attached hydrogen (secondary N) is 1. The molecular formula is C17H16ClN5O4. The number of ether oxygens (including phenoxy) is 1. The van der Waals surface area contributed by atoms with E-state index in [2.05, 4.69) is 20.6 Å². The van der Waals surface area contributed by atoms with E-state index in [4.69, 9.17) is 16.3 Å². The maximum Gasteiger partial charge on any atom is 0.412 e. The molecular weight excluding hydrogens is 374 g/mol. The average molecular weight is 390 g/mol. The molecule has 0 spiro atoms. The number of aromatic carboxylic acids is 1. The lowest BCUT2D eigenvalue weighted by molar-refractivity contribution is 0.0634. The van der Waals surface area contributed by atoms with Gasteiger partial charge in [0.05, 0.1) is 0 Å². The lowest BCUT2D eigenvalue weighted by Gasteiger charge is -2.19. The van der Waals surface area contributed by atoms with Crippen molar-refractivity contribution in [3.63, 3.8) is 0 Å². The Morgan fingerprint density at radius 3 is 2.44 bits per heavy atom. The second-order valence-electron chi connectivity index (χ2n) is 6.65. The molecule has 0 radical (unpaired) electrons. The third kappa shape index (κ3) is 4.14. The van der Waals surface area contributed by atoms with Crippen molar-refractivity contribution < 1.29 is 19.4 Å². The van der Waals surface area contributed by atoms with Gasteiger partial charge in [-0.1, -0.05) is 11.6 Å². The molecule has 2 N–H and O–H groups in total. The molecule has 10 heteroatoms. The molecule has 0 fully saturated rings. The number of halogens is 1. The zero-order valence-corrected chi connectivity index (χ0v) is 15.5. The summed E-state index contributed by atoms with van der Waals surface area (Å²) >= 11 is 5.91. The molecule has 0 saturated carbocycles. The Bertz CT molecular complexity index is 1020. The number of fused-ring (bicyclic) bond motifs is 1. The molecule has 0 saturated heterocycles. The number of nitrogens with zero attached hydrogens (tertiary/aromatic N) is 4. The molecule has 1 amide bonds. The maximum absolute atomic E-state index is 11.8. The Morgan fingerprint density at radius 2 is 1.85 bits per heavy atom. The van der Waals surface area contributed by atoms with Crippen molar-refractivity contribution in [2.75, 3.05) is 5.32 Å². The van der Waals surface area contributed by atoms with Crippen LogP contribution in [0, 0.1) is 0 Å². The largest absolute Gasteiger partial charge is 0.478 e. The first-order chi connectivity index (χ1) is 12.6. The molecule has 3 rings (SSSR count). The second kappa shape index (κ2) is 6.84. The van der Waals surface area contributed by atoms with Crippen LogP contribution in [-0.2, 0) is 4.74 Å². The van der Waals surface area contributed by atoms with Gasteiger partial charge >= 0.3 is 12.1 Å². The van der Waals surface area contributed by atoms with Crippen LogP contribution < -0.4 is 5.32 Å². The fourth-order valence-corrected chi connectivity index (χ4v) is 2.50. The number of carboxylic acids is 1. The second-order valence-corrected chi connectivity index (χ2v) is 7.04. The van der Waals surface area contributed by atoms with Crippen LogP contribution in [0.2, 0.25) is 5.15 Å². The van der Waals surface area contributed by atoms with Crippen molar-refractivity contribution in [3.8, 4) is 11.4 Å². The van der Waals surface area contributed by atoms with E-state index in [-0.39, 0.29) is 16.4 Å². The van der Waals surface area contributed by atoms with E-state index < -0.39 is 17.7 Å². The summed E-state index contributed by atoms with van der Waals surface area (Å²) < 4.78 is 6.46. The van der Waals surface area contributed by atoms with Crippen molar-refractivity contribution >= 4 is 35.0 Å². The van der Waals surface area contributed by atoms with Gasteiger partial charge in [0.25, 0.3) is 0 Å². The molecule has 27 heavy (non-hydrogen) atoms. The summed E-state index contributed by atoms with van der Waals surface area (Å²) in [4.78, 5) is 23.2. The Morgan fingerprint density at radius 1 is 1.19 bits per heavy atom. The number of amides is 1. The topological polar surface area (TPSA) is 119 Å². The number of hydrogen-bond acceptors (Lipinski definition) is 6. The van der Waals surface area contributed by atoms with Crippen LogP contribution in [-0.4, -0.2) is 42.6 Å². The third-order valence-corrected chi connectivity index (χ3v) is 3.54. The van der Waals surface area contributed by atoms with Crippen molar-refractivity contribution in [2.45, 2.75) is 26.4 Å². The predicted octanol–water partition coefficient (Wildman–Crippen LogP) is 3.49. The van der Waals surface area contributed by atoms with Crippen LogP contribution >= 0.6 is 11.6 Å². The van der Waals surface area contributed by atoms with E-state index in [0.717, 1.165) is 0 Å². The van der Waals surface area contributed by atoms with Crippen LogP contribution in [0.25, 0.3) is 17.0 Å². The van der Waals surface area contributed by atoms with Gasteiger partial charge in [-0.3, -0.25) is 5.32 Å². The number of hydrogen-bond donors (Lipinski definition) is 2. The van der Waals surface area contributed by atoms with Gasteiger partial charge in [-0.05, 0) is 51.1 Å². The number of rotatable bonds is 3. The first kappa shape index (κ1) is 18.6. The van der Waals surface area contributed by atoms with Crippen LogP contribution in [0.3, 0.4) is 0 Å². The molecule has 2 heterocycles. The normalized spacial score (nSPS) is 11.4. The minimum absolute atomic E-state index is 0.00385. The molecule has 0 bridgehead atoms. The zero-order chi connectivity index (χ0) is 19.8. The van der Waals surface area contributed by atoms with Gasteiger partial charge in [0, 0.05) is 11.3 Å². The molecule has 0 unspecified atom stereocenters. The monoisotopic (exact) mass is 389 g/mol. The summed E-state index contributed by atoms with van der Waals surface area (Å²) in [5, 5.41) is 23.9. The third-order valence-electron chi connectivity index (χ3n) is 3.36. The van der Waals surface area contributed by atoms with Gasteiger partial charge in [-0.15, -0.1) is 10.2 Å². The first-order valence-corrected chi connectivity index (χ1v) is 8.27. The Kier molecular flexibility index (Phi) is 4.71. The predicted molar refractivity (Wildman–Crippen MR) is 98.0 cm³/mol. The van der Waals surface area contributed by atoms with Crippen molar-refractivity contribution in [2.24, 2.45) is 0 Å². The van der Waals surface area contributed by atoms with Gasteiger partial charge in [-0.2, -0.15) is 9.61 Å². The summed E-state index contributed by atoms with van der Waals surface area (Å²) in [5.41, 5.74) is 0.522. The zero-order valence-electron chi connectivity index (χ0n) is 14.7. The molecule has 0 atom stereocenters. The summed E-state index contributed by atoms with van der Waals surface area (Å²) in [6.07, 6.45) is -0.567. The smallest absolute Gasteiger partial charge is 0.412 e. The van der Waals surface area contributed by atoms with Crippen LogP contribution in [0.4, 0.5) is 10.5 Å². The highest BCUT2D eigenvalue weighted by Crippen LogP contribution is 2.23.